The Hall–Kier alpha value is -1.51. The van der Waals surface area contributed by atoms with E-state index in [4.69, 9.17) is 15.6 Å². The van der Waals surface area contributed by atoms with Crippen molar-refractivity contribution in [2.24, 2.45) is 5.73 Å². The molecule has 1 aromatic rings. The Morgan fingerprint density at radius 2 is 2.28 bits per heavy atom. The van der Waals surface area contributed by atoms with Crippen molar-refractivity contribution in [2.75, 3.05) is 19.0 Å². The van der Waals surface area contributed by atoms with Gasteiger partial charge in [0.2, 0.25) is 5.91 Å². The first-order valence-electron chi connectivity index (χ1n) is 5.21. The van der Waals surface area contributed by atoms with Gasteiger partial charge < -0.3 is 20.9 Å². The van der Waals surface area contributed by atoms with Gasteiger partial charge in [-0.3, -0.25) is 4.79 Å². The molecule has 0 aliphatic carbocycles. The highest BCUT2D eigenvalue weighted by Gasteiger charge is 2.20. The van der Waals surface area contributed by atoms with Crippen LogP contribution in [0.3, 0.4) is 0 Å². The van der Waals surface area contributed by atoms with Crippen molar-refractivity contribution in [3.05, 3.63) is 11.3 Å². The molecule has 7 nitrogen and oxygen atoms in total. The van der Waals surface area contributed by atoms with Gasteiger partial charge >= 0.3 is 5.97 Å². The molecule has 0 radical (unpaired) electrons. The van der Waals surface area contributed by atoms with Crippen LogP contribution in [0.2, 0.25) is 0 Å². The van der Waals surface area contributed by atoms with Crippen LogP contribution in [0.4, 0.5) is 5.00 Å². The highest BCUT2D eigenvalue weighted by Crippen LogP contribution is 2.24. The van der Waals surface area contributed by atoms with E-state index in [9.17, 15) is 9.59 Å². The smallest absolute Gasteiger partial charge is 0.340 e. The molecule has 1 atom stereocenters. The van der Waals surface area contributed by atoms with Gasteiger partial charge in [-0.1, -0.05) is 0 Å². The second kappa shape index (κ2) is 6.43. The van der Waals surface area contributed by atoms with E-state index >= 15 is 0 Å². The second-order valence-electron chi connectivity index (χ2n) is 3.62. The third kappa shape index (κ3) is 3.49. The molecule has 0 aliphatic rings. The van der Waals surface area contributed by atoms with Gasteiger partial charge in [0.15, 0.2) is 0 Å². The number of carbonyl (C=O) groups is 2. The number of aromatic carboxylic acids is 1. The van der Waals surface area contributed by atoms with E-state index in [1.807, 2.05) is 0 Å². The Balaban J connectivity index is 2.73. The molecule has 1 unspecified atom stereocenters. The van der Waals surface area contributed by atoms with E-state index in [1.54, 1.807) is 6.92 Å². The van der Waals surface area contributed by atoms with Gasteiger partial charge in [-0.2, -0.15) is 4.37 Å². The normalized spacial score (nSPS) is 12.2. The molecule has 0 bridgehead atoms. The molecule has 0 aromatic carbocycles. The van der Waals surface area contributed by atoms with Gasteiger partial charge in [-0.25, -0.2) is 4.79 Å². The van der Waals surface area contributed by atoms with Crippen LogP contribution < -0.4 is 11.1 Å². The van der Waals surface area contributed by atoms with Gasteiger partial charge in [-0.15, -0.1) is 0 Å². The van der Waals surface area contributed by atoms with Crippen molar-refractivity contribution in [2.45, 2.75) is 19.4 Å². The van der Waals surface area contributed by atoms with Gasteiger partial charge in [0.25, 0.3) is 0 Å². The Labute approximate surface area is 108 Å². The summed E-state index contributed by atoms with van der Waals surface area (Å²) in [5.74, 6) is -1.46. The third-order valence-corrected chi connectivity index (χ3v) is 3.19. The molecule has 0 spiro atoms. The molecule has 0 aliphatic heterocycles. The average Bonchev–Trinajstić information content (AvgIpc) is 2.67. The van der Waals surface area contributed by atoms with Gasteiger partial charge in [0, 0.05) is 13.7 Å². The van der Waals surface area contributed by atoms with E-state index in [-0.39, 0.29) is 35.5 Å². The summed E-state index contributed by atoms with van der Waals surface area (Å²) in [5, 5.41) is 11.7. The maximum absolute atomic E-state index is 11.7. The minimum absolute atomic E-state index is 0.0232. The van der Waals surface area contributed by atoms with Gasteiger partial charge in [0.1, 0.15) is 10.6 Å². The molecule has 1 rings (SSSR count). The number of carboxylic acids is 1. The zero-order chi connectivity index (χ0) is 13.7. The average molecular weight is 273 g/mol. The summed E-state index contributed by atoms with van der Waals surface area (Å²) in [5.41, 5.74) is 5.80. The quantitative estimate of drug-likeness (QED) is 0.693. The molecule has 8 heteroatoms. The number of nitrogens with one attached hydrogen (secondary N) is 1. The van der Waals surface area contributed by atoms with Crippen LogP contribution in [0, 0.1) is 6.92 Å². The first-order valence-corrected chi connectivity index (χ1v) is 5.99. The van der Waals surface area contributed by atoms with E-state index in [0.717, 1.165) is 11.5 Å². The Bertz CT molecular complexity index is 442. The van der Waals surface area contributed by atoms with Gasteiger partial charge in [0.05, 0.1) is 18.2 Å². The molecule has 4 N–H and O–H groups in total. The molecular weight excluding hydrogens is 258 g/mol. The number of hydrogen-bond acceptors (Lipinski definition) is 6. The number of aromatic nitrogens is 1. The number of hydrogen-bond donors (Lipinski definition) is 3. The summed E-state index contributed by atoms with van der Waals surface area (Å²) in [6.07, 6.45) is -0.310. The second-order valence-corrected chi connectivity index (χ2v) is 4.40. The van der Waals surface area contributed by atoms with E-state index in [2.05, 4.69) is 9.69 Å². The van der Waals surface area contributed by atoms with Crippen LogP contribution in [0.25, 0.3) is 0 Å². The zero-order valence-corrected chi connectivity index (χ0v) is 10.9. The fourth-order valence-corrected chi connectivity index (χ4v) is 2.16. The number of anilines is 1. The monoisotopic (exact) mass is 273 g/mol. The molecule has 1 amide bonds. The number of nitrogens with two attached hydrogens (primary N) is 1. The summed E-state index contributed by atoms with van der Waals surface area (Å²) >= 11 is 0.940. The lowest BCUT2D eigenvalue weighted by molar-refractivity contribution is -0.118. The Kier molecular flexibility index (Phi) is 5.20. The number of aryl methyl sites for hydroxylation is 1. The number of ether oxygens (including phenoxy) is 1. The zero-order valence-electron chi connectivity index (χ0n) is 10.1. The lowest BCUT2D eigenvalue weighted by Gasteiger charge is -2.11. The number of methoxy groups -OCH3 is 1. The maximum Gasteiger partial charge on any atom is 0.340 e. The molecule has 0 saturated heterocycles. The summed E-state index contributed by atoms with van der Waals surface area (Å²) in [6, 6.07) is 0. The van der Waals surface area contributed by atoms with Crippen LogP contribution >= 0.6 is 11.5 Å². The third-order valence-electron chi connectivity index (χ3n) is 2.34. The first kappa shape index (κ1) is 14.6. The SMILES string of the molecule is COC(CN)CC(=O)Nc1snc(C)c1C(=O)O. The summed E-state index contributed by atoms with van der Waals surface area (Å²) in [7, 11) is 1.46. The van der Waals surface area contributed by atoms with Crippen molar-refractivity contribution >= 4 is 28.4 Å². The van der Waals surface area contributed by atoms with Crippen molar-refractivity contribution in [3.63, 3.8) is 0 Å². The topological polar surface area (TPSA) is 115 Å². The van der Waals surface area contributed by atoms with E-state index in [0.29, 0.717) is 5.69 Å². The summed E-state index contributed by atoms with van der Waals surface area (Å²) in [4.78, 5) is 22.7. The fraction of sp³-hybridized carbons (Fsp3) is 0.500. The number of rotatable bonds is 6. The van der Waals surface area contributed by atoms with Crippen LogP contribution in [-0.4, -0.2) is 41.1 Å². The number of amides is 1. The minimum Gasteiger partial charge on any atom is -0.478 e. The predicted octanol–water partition coefficient (Wildman–Crippen LogP) is 0.452. The van der Waals surface area contributed by atoms with E-state index in [1.165, 1.54) is 7.11 Å². The lowest BCUT2D eigenvalue weighted by Crippen LogP contribution is -2.28. The molecule has 100 valence electrons. The molecule has 1 heterocycles. The van der Waals surface area contributed by atoms with Crippen LogP contribution in [-0.2, 0) is 9.53 Å². The van der Waals surface area contributed by atoms with Crippen molar-refractivity contribution in [3.8, 4) is 0 Å². The van der Waals surface area contributed by atoms with Crippen LogP contribution in [0.5, 0.6) is 0 Å². The standard InChI is InChI=1S/C10H15N3O4S/c1-5-8(10(15)16)9(18-13-5)12-7(14)3-6(4-11)17-2/h6H,3-4,11H2,1-2H3,(H,12,14)(H,15,16). The molecule has 1 aromatic heterocycles. The molecule has 18 heavy (non-hydrogen) atoms. The minimum atomic E-state index is -1.11. The van der Waals surface area contributed by atoms with Crippen LogP contribution in [0.15, 0.2) is 0 Å². The largest absolute Gasteiger partial charge is 0.478 e. The van der Waals surface area contributed by atoms with Crippen LogP contribution in [0.1, 0.15) is 22.5 Å². The number of nitrogens with zero attached hydrogens (tertiary/aromatic N) is 1. The Morgan fingerprint density at radius 1 is 1.61 bits per heavy atom. The first-order chi connectivity index (χ1) is 8.49. The van der Waals surface area contributed by atoms with Gasteiger partial charge in [-0.05, 0) is 18.5 Å². The summed E-state index contributed by atoms with van der Waals surface area (Å²) in [6.45, 7) is 1.80. The highest BCUT2D eigenvalue weighted by atomic mass is 32.1. The molecule has 0 fully saturated rings. The maximum atomic E-state index is 11.7. The highest BCUT2D eigenvalue weighted by molar-refractivity contribution is 7.11. The molecular formula is C10H15N3O4S. The fourth-order valence-electron chi connectivity index (χ4n) is 1.35. The Morgan fingerprint density at radius 3 is 2.78 bits per heavy atom. The predicted molar refractivity (Wildman–Crippen MR) is 66.9 cm³/mol. The number of carbonyl (C=O) groups excluding carboxylic acids is 1. The summed E-state index contributed by atoms with van der Waals surface area (Å²) < 4.78 is 8.88. The van der Waals surface area contributed by atoms with Crippen molar-refractivity contribution in [1.82, 2.24) is 4.37 Å². The molecule has 0 saturated carbocycles. The van der Waals surface area contributed by atoms with E-state index < -0.39 is 5.97 Å². The van der Waals surface area contributed by atoms with Crippen molar-refractivity contribution in [1.29, 1.82) is 0 Å². The van der Waals surface area contributed by atoms with Crippen molar-refractivity contribution < 1.29 is 19.4 Å². The number of carboxylic acid groups (broad SMARTS) is 1. The lowest BCUT2D eigenvalue weighted by atomic mass is 10.2.